The average molecular weight is 386 g/mol. The molecule has 0 aromatic heterocycles. The molecule has 26 heavy (non-hydrogen) atoms. The largest absolute Gasteiger partial charge is 0.473 e. The molecule has 1 aromatic carbocycles. The van der Waals surface area contributed by atoms with Crippen molar-refractivity contribution in [2.24, 2.45) is 5.92 Å². The Balaban J connectivity index is 0.000000487. The molecule has 0 saturated carbocycles. The van der Waals surface area contributed by atoms with E-state index in [2.05, 4.69) is 17.4 Å². The summed E-state index contributed by atoms with van der Waals surface area (Å²) in [6.45, 7) is 4.19. The van der Waals surface area contributed by atoms with Crippen LogP contribution in [-0.2, 0) is 20.7 Å². The predicted molar refractivity (Wildman–Crippen MR) is 101 cm³/mol. The van der Waals surface area contributed by atoms with Crippen molar-refractivity contribution in [1.29, 1.82) is 0 Å². The molecule has 0 aliphatic carbocycles. The molecule has 0 amide bonds. The van der Waals surface area contributed by atoms with Gasteiger partial charge in [-0.3, -0.25) is 0 Å². The van der Waals surface area contributed by atoms with Crippen LogP contribution in [0.5, 0.6) is 0 Å². The predicted octanol–water partition coefficient (Wildman–Crippen LogP) is 3.22. The molecule has 146 valence electrons. The lowest BCUT2D eigenvalue weighted by molar-refractivity contribution is -0.159. The van der Waals surface area contributed by atoms with Crippen molar-refractivity contribution in [3.05, 3.63) is 34.9 Å². The van der Waals surface area contributed by atoms with Crippen molar-refractivity contribution < 1.29 is 24.5 Å². The summed E-state index contributed by atoms with van der Waals surface area (Å²) >= 11 is 5.87. The zero-order valence-electron chi connectivity index (χ0n) is 15.0. The minimum Gasteiger partial charge on any atom is -0.473 e. The van der Waals surface area contributed by atoms with E-state index in [1.807, 2.05) is 12.1 Å². The Bertz CT molecular complexity index is 517. The van der Waals surface area contributed by atoms with Crippen LogP contribution < -0.4 is 5.32 Å². The second-order valence-corrected chi connectivity index (χ2v) is 6.74. The van der Waals surface area contributed by atoms with E-state index in [9.17, 15) is 0 Å². The molecule has 1 saturated heterocycles. The SMILES string of the molecule is Clc1ccc(CCCOCCCC2CCCNC2)cc1.O=C(O)C(=O)O. The Labute approximate surface area is 159 Å². The Morgan fingerprint density at radius 1 is 1.12 bits per heavy atom. The van der Waals surface area contributed by atoms with Gasteiger partial charge in [-0.05, 0) is 75.2 Å². The highest BCUT2D eigenvalue weighted by Crippen LogP contribution is 2.15. The second kappa shape index (κ2) is 13.6. The first kappa shape index (κ1) is 22.4. The zero-order valence-corrected chi connectivity index (χ0v) is 15.7. The number of halogens is 1. The van der Waals surface area contributed by atoms with E-state index in [0.717, 1.165) is 37.0 Å². The number of hydrogen-bond acceptors (Lipinski definition) is 4. The minimum atomic E-state index is -1.82. The highest BCUT2D eigenvalue weighted by atomic mass is 35.5. The number of benzene rings is 1. The van der Waals surface area contributed by atoms with Crippen molar-refractivity contribution in [3.63, 3.8) is 0 Å². The standard InChI is InChI=1S/C17H26ClNO.C2H2O4/c18-17-9-7-15(8-10-17)5-2-12-20-13-3-6-16-4-1-11-19-14-16;3-1(4)2(5)6/h7-10,16,19H,1-6,11-14H2;(H,3,4)(H,5,6). The molecule has 3 N–H and O–H groups in total. The smallest absolute Gasteiger partial charge is 0.414 e. The van der Waals surface area contributed by atoms with Crippen molar-refractivity contribution >= 4 is 23.5 Å². The summed E-state index contributed by atoms with van der Waals surface area (Å²) in [5.41, 5.74) is 1.34. The summed E-state index contributed by atoms with van der Waals surface area (Å²) in [6, 6.07) is 8.10. The van der Waals surface area contributed by atoms with Crippen LogP contribution in [0, 0.1) is 5.92 Å². The van der Waals surface area contributed by atoms with Crippen LogP contribution in [0.1, 0.15) is 37.7 Å². The summed E-state index contributed by atoms with van der Waals surface area (Å²) in [5, 5.41) is 19.1. The van der Waals surface area contributed by atoms with Gasteiger partial charge in [0.05, 0.1) is 0 Å². The molecule has 1 fully saturated rings. The summed E-state index contributed by atoms with van der Waals surface area (Å²) < 4.78 is 5.72. The fraction of sp³-hybridized carbons (Fsp3) is 0.579. The number of carboxylic acids is 2. The van der Waals surface area contributed by atoms with E-state index in [-0.39, 0.29) is 0 Å². The fourth-order valence-electron chi connectivity index (χ4n) is 2.78. The molecule has 1 aliphatic rings. The van der Waals surface area contributed by atoms with Crippen LogP contribution >= 0.6 is 11.6 Å². The third-order valence-corrected chi connectivity index (χ3v) is 4.40. The number of rotatable bonds is 8. The summed E-state index contributed by atoms with van der Waals surface area (Å²) in [6.07, 6.45) is 7.41. The molecule has 0 spiro atoms. The molecular formula is C19H28ClNO5. The molecule has 1 aromatic rings. The molecule has 1 atom stereocenters. The highest BCUT2D eigenvalue weighted by Gasteiger charge is 2.11. The van der Waals surface area contributed by atoms with E-state index in [0.29, 0.717) is 0 Å². The number of carboxylic acid groups (broad SMARTS) is 2. The van der Waals surface area contributed by atoms with Crippen molar-refractivity contribution in [1.82, 2.24) is 5.32 Å². The van der Waals surface area contributed by atoms with Gasteiger partial charge in [0, 0.05) is 18.2 Å². The summed E-state index contributed by atoms with van der Waals surface area (Å²) in [7, 11) is 0. The van der Waals surface area contributed by atoms with Crippen LogP contribution in [0.4, 0.5) is 0 Å². The molecule has 1 heterocycles. The number of hydrogen-bond donors (Lipinski definition) is 3. The Morgan fingerprint density at radius 2 is 1.77 bits per heavy atom. The van der Waals surface area contributed by atoms with Gasteiger partial charge in [-0.25, -0.2) is 9.59 Å². The van der Waals surface area contributed by atoms with E-state index >= 15 is 0 Å². The molecular weight excluding hydrogens is 358 g/mol. The van der Waals surface area contributed by atoms with Gasteiger partial charge in [-0.2, -0.15) is 0 Å². The van der Waals surface area contributed by atoms with Gasteiger partial charge < -0.3 is 20.3 Å². The normalized spacial score (nSPS) is 16.4. The number of carbonyl (C=O) groups is 2. The summed E-state index contributed by atoms with van der Waals surface area (Å²) in [4.78, 5) is 18.2. The summed E-state index contributed by atoms with van der Waals surface area (Å²) in [5.74, 6) is -2.77. The molecule has 7 heteroatoms. The maximum absolute atomic E-state index is 9.10. The van der Waals surface area contributed by atoms with Gasteiger partial charge >= 0.3 is 11.9 Å². The lowest BCUT2D eigenvalue weighted by Gasteiger charge is -2.22. The van der Waals surface area contributed by atoms with Crippen LogP contribution in [-0.4, -0.2) is 48.5 Å². The third kappa shape index (κ3) is 11.1. The number of ether oxygens (including phenoxy) is 1. The minimum absolute atomic E-state index is 0.808. The van der Waals surface area contributed by atoms with E-state index < -0.39 is 11.9 Å². The average Bonchev–Trinajstić information content (AvgIpc) is 2.64. The Hall–Kier alpha value is -1.63. The molecule has 2 rings (SSSR count). The van der Waals surface area contributed by atoms with Crippen molar-refractivity contribution in [3.8, 4) is 0 Å². The first-order valence-electron chi connectivity index (χ1n) is 8.98. The number of aliphatic carboxylic acids is 2. The van der Waals surface area contributed by atoms with Gasteiger partial charge in [-0.15, -0.1) is 0 Å². The molecule has 6 nitrogen and oxygen atoms in total. The first-order valence-corrected chi connectivity index (χ1v) is 9.36. The first-order chi connectivity index (χ1) is 12.5. The molecule has 1 unspecified atom stereocenters. The van der Waals surface area contributed by atoms with Crippen LogP contribution in [0.25, 0.3) is 0 Å². The lowest BCUT2D eigenvalue weighted by Crippen LogP contribution is -2.29. The Morgan fingerprint density at radius 3 is 2.35 bits per heavy atom. The number of piperidine rings is 1. The van der Waals surface area contributed by atoms with Gasteiger partial charge in [0.25, 0.3) is 0 Å². The highest BCUT2D eigenvalue weighted by molar-refractivity contribution is 6.30. The van der Waals surface area contributed by atoms with Crippen LogP contribution in [0.15, 0.2) is 24.3 Å². The van der Waals surface area contributed by atoms with Gasteiger partial charge in [0.1, 0.15) is 0 Å². The fourth-order valence-corrected chi connectivity index (χ4v) is 2.90. The van der Waals surface area contributed by atoms with E-state index in [1.54, 1.807) is 0 Å². The second-order valence-electron chi connectivity index (χ2n) is 6.31. The van der Waals surface area contributed by atoms with Gasteiger partial charge in [-0.1, -0.05) is 23.7 Å². The lowest BCUT2D eigenvalue weighted by atomic mass is 9.95. The molecule has 0 bridgehead atoms. The van der Waals surface area contributed by atoms with Crippen LogP contribution in [0.3, 0.4) is 0 Å². The van der Waals surface area contributed by atoms with Crippen LogP contribution in [0.2, 0.25) is 5.02 Å². The van der Waals surface area contributed by atoms with Gasteiger partial charge in [0.2, 0.25) is 0 Å². The van der Waals surface area contributed by atoms with Crippen molar-refractivity contribution in [2.45, 2.75) is 38.5 Å². The number of aryl methyl sites for hydroxylation is 1. The molecule has 0 radical (unpaired) electrons. The zero-order chi connectivity index (χ0) is 19.2. The van der Waals surface area contributed by atoms with Gasteiger partial charge in [0.15, 0.2) is 0 Å². The molecule has 1 aliphatic heterocycles. The quantitative estimate of drug-likeness (QED) is 0.469. The monoisotopic (exact) mass is 385 g/mol. The third-order valence-electron chi connectivity index (χ3n) is 4.15. The maximum Gasteiger partial charge on any atom is 0.414 e. The van der Waals surface area contributed by atoms with Crippen molar-refractivity contribution in [2.75, 3.05) is 26.3 Å². The topological polar surface area (TPSA) is 95.9 Å². The maximum atomic E-state index is 9.10. The number of nitrogens with one attached hydrogen (secondary N) is 1. The van der Waals surface area contributed by atoms with E-state index in [4.69, 9.17) is 36.1 Å². The van der Waals surface area contributed by atoms with E-state index in [1.165, 1.54) is 44.3 Å². The Kier molecular flexibility index (Phi) is 11.7.